The zero-order chi connectivity index (χ0) is 21.6. The maximum absolute atomic E-state index is 6.07. The van der Waals surface area contributed by atoms with Crippen LogP contribution < -0.4 is 15.4 Å². The third-order valence-corrected chi connectivity index (χ3v) is 4.86. The van der Waals surface area contributed by atoms with E-state index in [0.29, 0.717) is 37.4 Å². The standard InChI is InChI=1S/C22H33N5O3/c1-15-8-9-16(18(11-15)29-14-17-7-6-10-28-17)12-24-21(23-5)25-13-19-26-20(30-27-19)22(2,3)4/h8-9,11,17H,6-7,10,12-14H2,1-5H3,(H2,23,24,25). The summed E-state index contributed by atoms with van der Waals surface area (Å²) in [4.78, 5) is 8.71. The lowest BCUT2D eigenvalue weighted by molar-refractivity contribution is 0.0676. The Hall–Kier alpha value is -2.61. The highest BCUT2D eigenvalue weighted by Crippen LogP contribution is 2.22. The predicted molar refractivity (Wildman–Crippen MR) is 116 cm³/mol. The quantitative estimate of drug-likeness (QED) is 0.530. The van der Waals surface area contributed by atoms with Crippen LogP contribution >= 0.6 is 0 Å². The Kier molecular flexibility index (Phi) is 7.31. The normalized spacial score (nSPS) is 17.2. The van der Waals surface area contributed by atoms with Gasteiger partial charge in [0.15, 0.2) is 11.8 Å². The van der Waals surface area contributed by atoms with Crippen LogP contribution in [0.25, 0.3) is 0 Å². The van der Waals surface area contributed by atoms with Crippen LogP contribution in [0.15, 0.2) is 27.7 Å². The van der Waals surface area contributed by atoms with Crippen molar-refractivity contribution in [3.05, 3.63) is 41.0 Å². The van der Waals surface area contributed by atoms with Crippen molar-refractivity contribution in [3.8, 4) is 5.75 Å². The second-order valence-corrected chi connectivity index (χ2v) is 8.60. The number of guanidine groups is 1. The van der Waals surface area contributed by atoms with E-state index in [4.69, 9.17) is 14.0 Å². The van der Waals surface area contributed by atoms with Crippen molar-refractivity contribution in [2.75, 3.05) is 20.3 Å². The largest absolute Gasteiger partial charge is 0.491 e. The number of aromatic nitrogens is 2. The Balaban J connectivity index is 1.54. The number of ether oxygens (including phenoxy) is 2. The Labute approximate surface area is 178 Å². The van der Waals surface area contributed by atoms with Crippen molar-refractivity contribution >= 4 is 5.96 Å². The Bertz CT molecular complexity index is 851. The van der Waals surface area contributed by atoms with Crippen LogP contribution in [0.4, 0.5) is 0 Å². The van der Waals surface area contributed by atoms with E-state index < -0.39 is 0 Å². The molecule has 1 atom stereocenters. The van der Waals surface area contributed by atoms with Crippen LogP contribution in [0.2, 0.25) is 0 Å². The summed E-state index contributed by atoms with van der Waals surface area (Å²) in [7, 11) is 1.73. The number of hydrogen-bond donors (Lipinski definition) is 2. The van der Waals surface area contributed by atoms with Gasteiger partial charge in [-0.15, -0.1) is 0 Å². The molecule has 0 radical (unpaired) electrons. The van der Waals surface area contributed by atoms with Crippen molar-refractivity contribution in [1.82, 2.24) is 20.8 Å². The Morgan fingerprint density at radius 2 is 2.07 bits per heavy atom. The summed E-state index contributed by atoms with van der Waals surface area (Å²) in [5, 5.41) is 10.6. The van der Waals surface area contributed by atoms with Gasteiger partial charge in [-0.3, -0.25) is 4.99 Å². The third-order valence-electron chi connectivity index (χ3n) is 4.86. The molecule has 1 aromatic carbocycles. The zero-order valence-electron chi connectivity index (χ0n) is 18.6. The molecule has 1 aromatic heterocycles. The molecule has 1 aliphatic heterocycles. The monoisotopic (exact) mass is 415 g/mol. The number of nitrogens with zero attached hydrogens (tertiary/aromatic N) is 3. The Morgan fingerprint density at radius 3 is 2.73 bits per heavy atom. The van der Waals surface area contributed by atoms with E-state index in [9.17, 15) is 0 Å². The van der Waals surface area contributed by atoms with Gasteiger partial charge in [0.1, 0.15) is 12.4 Å². The molecule has 30 heavy (non-hydrogen) atoms. The molecule has 1 aliphatic rings. The van der Waals surface area contributed by atoms with E-state index in [-0.39, 0.29) is 11.5 Å². The molecular weight excluding hydrogens is 382 g/mol. The molecule has 8 heteroatoms. The lowest BCUT2D eigenvalue weighted by Gasteiger charge is -2.17. The number of aryl methyl sites for hydroxylation is 1. The molecule has 0 spiro atoms. The predicted octanol–water partition coefficient (Wildman–Crippen LogP) is 3.10. The molecule has 2 N–H and O–H groups in total. The third kappa shape index (κ3) is 6.19. The first-order chi connectivity index (χ1) is 14.3. The lowest BCUT2D eigenvalue weighted by Crippen LogP contribution is -2.36. The minimum atomic E-state index is -0.170. The van der Waals surface area contributed by atoms with Crippen molar-refractivity contribution in [3.63, 3.8) is 0 Å². The van der Waals surface area contributed by atoms with Crippen molar-refractivity contribution in [2.45, 2.75) is 65.1 Å². The molecule has 0 bridgehead atoms. The second-order valence-electron chi connectivity index (χ2n) is 8.60. The molecule has 3 rings (SSSR count). The van der Waals surface area contributed by atoms with Gasteiger partial charge >= 0.3 is 0 Å². The van der Waals surface area contributed by atoms with Crippen LogP contribution in [0.3, 0.4) is 0 Å². The van der Waals surface area contributed by atoms with Crippen LogP contribution in [0, 0.1) is 6.92 Å². The van der Waals surface area contributed by atoms with E-state index in [1.165, 1.54) is 0 Å². The molecular formula is C22H33N5O3. The van der Waals surface area contributed by atoms with Gasteiger partial charge in [0.05, 0.1) is 12.6 Å². The highest BCUT2D eigenvalue weighted by Gasteiger charge is 2.21. The van der Waals surface area contributed by atoms with Gasteiger partial charge in [-0.2, -0.15) is 4.98 Å². The molecule has 0 aliphatic carbocycles. The van der Waals surface area contributed by atoms with E-state index in [1.807, 2.05) is 20.8 Å². The van der Waals surface area contributed by atoms with Gasteiger partial charge in [-0.25, -0.2) is 0 Å². The molecule has 0 amide bonds. The number of benzene rings is 1. The summed E-state index contributed by atoms with van der Waals surface area (Å²) in [6.45, 7) is 10.6. The average Bonchev–Trinajstić information content (AvgIpc) is 3.39. The van der Waals surface area contributed by atoms with Crippen molar-refractivity contribution < 1.29 is 14.0 Å². The fraction of sp³-hybridized carbons (Fsp3) is 0.591. The molecule has 1 fully saturated rings. The molecule has 1 unspecified atom stereocenters. The number of nitrogens with one attached hydrogen (secondary N) is 2. The fourth-order valence-electron chi connectivity index (χ4n) is 3.09. The zero-order valence-corrected chi connectivity index (χ0v) is 18.6. The Morgan fingerprint density at radius 1 is 1.27 bits per heavy atom. The SMILES string of the molecule is CN=C(NCc1noc(C(C)(C)C)n1)NCc1ccc(C)cc1OCC1CCCO1. The van der Waals surface area contributed by atoms with Crippen molar-refractivity contribution in [1.29, 1.82) is 0 Å². The van der Waals surface area contributed by atoms with E-state index in [0.717, 1.165) is 36.3 Å². The van der Waals surface area contributed by atoms with Gasteiger partial charge < -0.3 is 24.6 Å². The maximum atomic E-state index is 6.07. The van der Waals surface area contributed by atoms with Crippen LogP contribution in [0.1, 0.15) is 56.5 Å². The number of aliphatic imine (C=N–C) groups is 1. The molecule has 1 saturated heterocycles. The van der Waals surface area contributed by atoms with Crippen LogP contribution in [-0.2, 0) is 23.2 Å². The van der Waals surface area contributed by atoms with Crippen LogP contribution in [0.5, 0.6) is 5.75 Å². The molecule has 2 aromatic rings. The fourth-order valence-corrected chi connectivity index (χ4v) is 3.09. The first-order valence-electron chi connectivity index (χ1n) is 10.5. The highest BCUT2D eigenvalue weighted by molar-refractivity contribution is 5.79. The summed E-state index contributed by atoms with van der Waals surface area (Å²) in [5.41, 5.74) is 2.06. The number of hydrogen-bond acceptors (Lipinski definition) is 6. The number of rotatable bonds is 7. The first kappa shape index (κ1) is 22.1. The van der Waals surface area contributed by atoms with Gasteiger partial charge in [-0.05, 0) is 31.4 Å². The summed E-state index contributed by atoms with van der Waals surface area (Å²) in [6.07, 6.45) is 2.35. The summed E-state index contributed by atoms with van der Waals surface area (Å²) in [5.74, 6) is 2.75. The lowest BCUT2D eigenvalue weighted by atomic mass is 9.97. The molecule has 2 heterocycles. The van der Waals surface area contributed by atoms with Gasteiger partial charge in [0.2, 0.25) is 5.89 Å². The maximum Gasteiger partial charge on any atom is 0.232 e. The summed E-state index contributed by atoms with van der Waals surface area (Å²) < 4.78 is 17.1. The molecule has 8 nitrogen and oxygen atoms in total. The minimum absolute atomic E-state index is 0.170. The smallest absolute Gasteiger partial charge is 0.232 e. The van der Waals surface area contributed by atoms with Gasteiger partial charge in [0.25, 0.3) is 0 Å². The van der Waals surface area contributed by atoms with Crippen LogP contribution in [-0.4, -0.2) is 42.5 Å². The van der Waals surface area contributed by atoms with Crippen molar-refractivity contribution in [2.24, 2.45) is 4.99 Å². The first-order valence-corrected chi connectivity index (χ1v) is 10.5. The molecule has 0 saturated carbocycles. The van der Waals surface area contributed by atoms with Gasteiger partial charge in [-0.1, -0.05) is 38.1 Å². The van der Waals surface area contributed by atoms with E-state index >= 15 is 0 Å². The summed E-state index contributed by atoms with van der Waals surface area (Å²) in [6, 6.07) is 6.23. The van der Waals surface area contributed by atoms with E-state index in [2.05, 4.69) is 50.9 Å². The van der Waals surface area contributed by atoms with E-state index in [1.54, 1.807) is 7.05 Å². The summed E-state index contributed by atoms with van der Waals surface area (Å²) >= 11 is 0. The second kappa shape index (κ2) is 9.93. The topological polar surface area (TPSA) is 93.8 Å². The molecule has 164 valence electrons. The highest BCUT2D eigenvalue weighted by atomic mass is 16.5. The van der Waals surface area contributed by atoms with Gasteiger partial charge in [0, 0.05) is 31.2 Å². The minimum Gasteiger partial charge on any atom is -0.491 e. The average molecular weight is 416 g/mol.